The van der Waals surface area contributed by atoms with Crippen LogP contribution < -0.4 is 10.3 Å². The molecule has 1 aliphatic heterocycles. The molecule has 21 heavy (non-hydrogen) atoms. The fourth-order valence-corrected chi connectivity index (χ4v) is 2.81. The van der Waals surface area contributed by atoms with Crippen molar-refractivity contribution in [3.05, 3.63) is 29.8 Å². The van der Waals surface area contributed by atoms with E-state index in [-0.39, 0.29) is 5.91 Å². The molecule has 0 aliphatic carbocycles. The number of hydrogen-bond acceptors (Lipinski definition) is 4. The van der Waals surface area contributed by atoms with E-state index in [4.69, 9.17) is 0 Å². The molecule has 0 fully saturated rings. The molecule has 1 N–H and O–H groups in total. The van der Waals surface area contributed by atoms with Gasteiger partial charge in [-0.05, 0) is 49.1 Å². The van der Waals surface area contributed by atoms with Crippen LogP contribution >= 0.6 is 11.8 Å². The summed E-state index contributed by atoms with van der Waals surface area (Å²) in [6, 6.07) is 7.66. The highest BCUT2D eigenvalue weighted by molar-refractivity contribution is 7.99. The molecule has 0 unspecified atom stereocenters. The van der Waals surface area contributed by atoms with Crippen molar-refractivity contribution < 1.29 is 4.79 Å². The van der Waals surface area contributed by atoms with E-state index < -0.39 is 0 Å². The molecule has 1 aliphatic rings. The van der Waals surface area contributed by atoms with Gasteiger partial charge in [0.1, 0.15) is 0 Å². The molecule has 1 aromatic rings. The summed E-state index contributed by atoms with van der Waals surface area (Å²) in [5.74, 6) is 2.24. The maximum absolute atomic E-state index is 12.0. The molecule has 0 bridgehead atoms. The predicted octanol–water partition coefficient (Wildman–Crippen LogP) is 3.15. The van der Waals surface area contributed by atoms with Crippen molar-refractivity contribution in [2.45, 2.75) is 26.7 Å². The first-order chi connectivity index (χ1) is 10.2. The van der Waals surface area contributed by atoms with Crippen molar-refractivity contribution in [3.63, 3.8) is 0 Å². The average molecular weight is 305 g/mol. The van der Waals surface area contributed by atoms with E-state index in [1.807, 2.05) is 48.0 Å². The van der Waals surface area contributed by atoms with E-state index in [0.29, 0.717) is 5.56 Å². The zero-order valence-electron chi connectivity index (χ0n) is 12.8. The zero-order chi connectivity index (χ0) is 15.1. The first-order valence-corrected chi connectivity index (χ1v) is 8.64. The van der Waals surface area contributed by atoms with Gasteiger partial charge in [0.2, 0.25) is 0 Å². The number of carbonyl (C=O) groups is 1. The number of nitrogens with one attached hydrogen (secondary N) is 1. The average Bonchev–Trinajstić information content (AvgIpc) is 2.93. The second-order valence-electron chi connectivity index (χ2n) is 5.06. The van der Waals surface area contributed by atoms with Crippen molar-refractivity contribution in [1.82, 2.24) is 5.32 Å². The van der Waals surface area contributed by atoms with Crippen LogP contribution in [-0.2, 0) is 0 Å². The van der Waals surface area contributed by atoms with Gasteiger partial charge >= 0.3 is 0 Å². The predicted molar refractivity (Wildman–Crippen MR) is 91.5 cm³/mol. The minimum absolute atomic E-state index is 0.00384. The van der Waals surface area contributed by atoms with Gasteiger partial charge in [-0.1, -0.05) is 6.92 Å². The summed E-state index contributed by atoms with van der Waals surface area (Å²) in [4.78, 5) is 12.0. The van der Waals surface area contributed by atoms with Gasteiger partial charge in [0.25, 0.3) is 5.91 Å². The van der Waals surface area contributed by atoms with Crippen molar-refractivity contribution in [2.24, 2.45) is 5.10 Å². The number of hydrazone groups is 1. The second kappa shape index (κ2) is 8.08. The van der Waals surface area contributed by atoms with Gasteiger partial charge in [0, 0.05) is 30.8 Å². The largest absolute Gasteiger partial charge is 0.352 e. The third-order valence-corrected chi connectivity index (χ3v) is 4.35. The zero-order valence-corrected chi connectivity index (χ0v) is 13.6. The van der Waals surface area contributed by atoms with Gasteiger partial charge in [-0.15, -0.1) is 0 Å². The smallest absolute Gasteiger partial charge is 0.251 e. The van der Waals surface area contributed by atoms with Crippen molar-refractivity contribution >= 4 is 29.1 Å². The Kier molecular flexibility index (Phi) is 6.11. The summed E-state index contributed by atoms with van der Waals surface area (Å²) in [6.07, 6.45) is 2.03. The van der Waals surface area contributed by atoms with Gasteiger partial charge < -0.3 is 5.32 Å². The van der Waals surface area contributed by atoms with Crippen LogP contribution in [0.15, 0.2) is 29.4 Å². The summed E-state index contributed by atoms with van der Waals surface area (Å²) in [5.41, 5.74) is 2.91. The SMILES string of the molecule is CCSCCCNC(=O)c1ccc(N2CCC(C)=N2)cc1. The topological polar surface area (TPSA) is 44.7 Å². The third-order valence-electron chi connectivity index (χ3n) is 3.36. The van der Waals surface area contributed by atoms with Crippen LogP contribution in [0.2, 0.25) is 0 Å². The Morgan fingerprint density at radius 3 is 2.76 bits per heavy atom. The Labute approximate surface area is 131 Å². The molecule has 2 rings (SSSR count). The van der Waals surface area contributed by atoms with Crippen LogP contribution in [0, 0.1) is 0 Å². The van der Waals surface area contributed by atoms with Crippen LogP contribution in [0.4, 0.5) is 5.69 Å². The summed E-state index contributed by atoms with van der Waals surface area (Å²) >= 11 is 1.90. The maximum atomic E-state index is 12.0. The Hall–Kier alpha value is -1.49. The lowest BCUT2D eigenvalue weighted by atomic mass is 10.2. The maximum Gasteiger partial charge on any atom is 0.251 e. The summed E-state index contributed by atoms with van der Waals surface area (Å²) in [5, 5.41) is 9.40. The first-order valence-electron chi connectivity index (χ1n) is 7.48. The molecule has 1 heterocycles. The Bertz CT molecular complexity index is 499. The molecule has 0 saturated heterocycles. The minimum Gasteiger partial charge on any atom is -0.352 e. The quantitative estimate of drug-likeness (QED) is 0.787. The van der Waals surface area contributed by atoms with Crippen LogP contribution in [0.1, 0.15) is 37.0 Å². The molecule has 0 aromatic heterocycles. The summed E-state index contributed by atoms with van der Waals surface area (Å²) in [6.45, 7) is 5.85. The van der Waals surface area contributed by atoms with E-state index >= 15 is 0 Å². The third kappa shape index (κ3) is 4.77. The summed E-state index contributed by atoms with van der Waals surface area (Å²) < 4.78 is 0. The van der Waals surface area contributed by atoms with Crippen LogP contribution in [0.25, 0.3) is 0 Å². The van der Waals surface area contributed by atoms with Gasteiger partial charge in [0.05, 0.1) is 5.69 Å². The minimum atomic E-state index is 0.00384. The van der Waals surface area contributed by atoms with Gasteiger partial charge in [-0.2, -0.15) is 16.9 Å². The van der Waals surface area contributed by atoms with Gasteiger partial charge in [0.15, 0.2) is 0 Å². The molecular formula is C16H23N3OS. The number of nitrogens with zero attached hydrogens (tertiary/aromatic N) is 2. The van der Waals surface area contributed by atoms with E-state index in [9.17, 15) is 4.79 Å². The Morgan fingerprint density at radius 1 is 1.38 bits per heavy atom. The van der Waals surface area contributed by atoms with Crippen LogP contribution in [0.3, 0.4) is 0 Å². The highest BCUT2D eigenvalue weighted by Gasteiger charge is 2.13. The van der Waals surface area contributed by atoms with E-state index in [1.54, 1.807) is 0 Å². The Morgan fingerprint density at radius 2 is 2.14 bits per heavy atom. The van der Waals surface area contributed by atoms with E-state index in [1.165, 1.54) is 0 Å². The number of thioether (sulfide) groups is 1. The number of benzene rings is 1. The molecule has 0 saturated carbocycles. The molecule has 114 valence electrons. The lowest BCUT2D eigenvalue weighted by Gasteiger charge is -2.14. The van der Waals surface area contributed by atoms with E-state index in [2.05, 4.69) is 17.3 Å². The molecule has 5 heteroatoms. The number of hydrogen-bond donors (Lipinski definition) is 1. The van der Waals surface area contributed by atoms with Crippen molar-refractivity contribution in [2.75, 3.05) is 29.6 Å². The molecule has 1 aromatic carbocycles. The molecule has 0 radical (unpaired) electrons. The van der Waals surface area contributed by atoms with Crippen molar-refractivity contribution in [3.8, 4) is 0 Å². The number of anilines is 1. The molecule has 4 nitrogen and oxygen atoms in total. The van der Waals surface area contributed by atoms with Gasteiger partial charge in [-0.3, -0.25) is 9.80 Å². The number of carbonyl (C=O) groups excluding carboxylic acids is 1. The number of amides is 1. The fraction of sp³-hybridized carbons (Fsp3) is 0.500. The monoisotopic (exact) mass is 305 g/mol. The second-order valence-corrected chi connectivity index (χ2v) is 6.46. The summed E-state index contributed by atoms with van der Waals surface area (Å²) in [7, 11) is 0. The normalized spacial score (nSPS) is 14.2. The molecular weight excluding hydrogens is 282 g/mol. The first kappa shape index (κ1) is 15.9. The molecule has 0 spiro atoms. The van der Waals surface area contributed by atoms with Gasteiger partial charge in [-0.25, -0.2) is 0 Å². The number of rotatable bonds is 7. The standard InChI is InChI=1S/C16H23N3OS/c1-3-21-12-4-10-17-16(20)14-5-7-15(8-6-14)19-11-9-13(2)18-19/h5-8H,3-4,9-12H2,1-2H3,(H,17,20). The van der Waals surface area contributed by atoms with Crippen LogP contribution in [-0.4, -0.2) is 36.2 Å². The lowest BCUT2D eigenvalue weighted by molar-refractivity contribution is 0.0954. The van der Waals surface area contributed by atoms with E-state index in [0.717, 1.165) is 48.8 Å². The highest BCUT2D eigenvalue weighted by Crippen LogP contribution is 2.19. The fourth-order valence-electron chi connectivity index (χ4n) is 2.17. The lowest BCUT2D eigenvalue weighted by Crippen LogP contribution is -2.24. The molecule has 1 amide bonds. The highest BCUT2D eigenvalue weighted by atomic mass is 32.2. The Balaban J connectivity index is 1.82. The van der Waals surface area contributed by atoms with Crippen molar-refractivity contribution in [1.29, 1.82) is 0 Å². The molecule has 0 atom stereocenters. The van der Waals surface area contributed by atoms with Crippen LogP contribution in [0.5, 0.6) is 0 Å².